The molecule has 6 nitrogen and oxygen atoms in total. The van der Waals surface area contributed by atoms with Crippen molar-refractivity contribution in [2.75, 3.05) is 19.8 Å². The summed E-state index contributed by atoms with van der Waals surface area (Å²) >= 11 is 0. The minimum Gasteiger partial charge on any atom is -0.464 e. The average Bonchev–Trinajstić information content (AvgIpc) is 2.49. The number of rotatable bonds is 10. The quantitative estimate of drug-likeness (QED) is 0.484. The molecular formula is C15H23O6P. The highest BCUT2D eigenvalue weighted by atomic mass is 31.2. The lowest BCUT2D eigenvalue weighted by Crippen LogP contribution is -2.28. The van der Waals surface area contributed by atoms with Crippen molar-refractivity contribution in [3.05, 3.63) is 35.9 Å². The second-order valence-electron chi connectivity index (χ2n) is 4.28. The molecule has 22 heavy (non-hydrogen) atoms. The fraction of sp³-hybridized carbons (Fsp3) is 0.533. The molecule has 0 saturated carbocycles. The van der Waals surface area contributed by atoms with Crippen molar-refractivity contribution in [3.8, 4) is 0 Å². The summed E-state index contributed by atoms with van der Waals surface area (Å²) in [5.41, 5.74) is 0.844. The summed E-state index contributed by atoms with van der Waals surface area (Å²) in [4.78, 5) is 12.1. The third-order valence-corrected chi connectivity index (χ3v) is 4.81. The van der Waals surface area contributed by atoms with Crippen molar-refractivity contribution in [1.29, 1.82) is 0 Å². The first-order valence-electron chi connectivity index (χ1n) is 7.28. The van der Waals surface area contributed by atoms with Crippen molar-refractivity contribution >= 4 is 13.6 Å². The van der Waals surface area contributed by atoms with Gasteiger partial charge in [-0.1, -0.05) is 30.3 Å². The van der Waals surface area contributed by atoms with Gasteiger partial charge < -0.3 is 18.5 Å². The largest absolute Gasteiger partial charge is 0.464 e. The molecule has 0 bridgehead atoms. The van der Waals surface area contributed by atoms with Gasteiger partial charge in [-0.2, -0.15) is 0 Å². The van der Waals surface area contributed by atoms with Crippen LogP contribution in [0.2, 0.25) is 0 Å². The number of esters is 1. The Balaban J connectivity index is 2.90. The van der Waals surface area contributed by atoms with Crippen LogP contribution in [0.5, 0.6) is 0 Å². The van der Waals surface area contributed by atoms with E-state index in [0.717, 1.165) is 5.56 Å². The fourth-order valence-corrected chi connectivity index (χ4v) is 3.44. The summed E-state index contributed by atoms with van der Waals surface area (Å²) in [6.07, 6.45) is 0. The van der Waals surface area contributed by atoms with Crippen LogP contribution in [-0.4, -0.2) is 31.6 Å². The molecule has 0 radical (unpaired) electrons. The Hall–Kier alpha value is -1.20. The van der Waals surface area contributed by atoms with E-state index in [9.17, 15) is 9.36 Å². The molecule has 1 rings (SSSR count). The van der Waals surface area contributed by atoms with Gasteiger partial charge in [-0.05, 0) is 26.3 Å². The molecule has 0 spiro atoms. The highest BCUT2D eigenvalue weighted by Crippen LogP contribution is 2.54. The standard InChI is InChI=1S/C15H23O6P/c1-4-18-14(16)15(22(17,20-5-2)21-6-3)19-12-13-10-8-7-9-11-13/h7-11,15H,4-6,12H2,1-3H3. The topological polar surface area (TPSA) is 71.1 Å². The van der Waals surface area contributed by atoms with E-state index >= 15 is 0 Å². The predicted molar refractivity (Wildman–Crippen MR) is 82.5 cm³/mol. The smallest absolute Gasteiger partial charge is 0.370 e. The molecule has 0 saturated heterocycles. The summed E-state index contributed by atoms with van der Waals surface area (Å²) in [5.74, 6) is -2.14. The summed E-state index contributed by atoms with van der Waals surface area (Å²) in [6.45, 7) is 5.55. The summed E-state index contributed by atoms with van der Waals surface area (Å²) in [6, 6.07) is 9.26. The fourth-order valence-electron chi connectivity index (χ4n) is 1.78. The SMILES string of the molecule is CCOC(=O)C(OCc1ccccc1)P(=O)(OCC)OCC. The highest BCUT2D eigenvalue weighted by Gasteiger charge is 2.43. The van der Waals surface area contributed by atoms with Crippen molar-refractivity contribution in [1.82, 2.24) is 0 Å². The molecule has 0 aliphatic rings. The normalized spacial score (nSPS) is 12.9. The van der Waals surface area contributed by atoms with Gasteiger partial charge in [-0.25, -0.2) is 4.79 Å². The first kappa shape index (κ1) is 18.8. The Morgan fingerprint density at radius 3 is 2.14 bits per heavy atom. The van der Waals surface area contributed by atoms with Gasteiger partial charge in [0.1, 0.15) is 0 Å². The summed E-state index contributed by atoms with van der Waals surface area (Å²) in [7, 11) is -3.75. The molecule has 0 aromatic heterocycles. The molecule has 0 aliphatic heterocycles. The van der Waals surface area contributed by atoms with Crippen LogP contribution in [0.25, 0.3) is 0 Å². The van der Waals surface area contributed by atoms with Gasteiger partial charge in [-0.15, -0.1) is 0 Å². The van der Waals surface area contributed by atoms with Crippen LogP contribution < -0.4 is 0 Å². The highest BCUT2D eigenvalue weighted by molar-refractivity contribution is 7.55. The van der Waals surface area contributed by atoms with E-state index in [1.807, 2.05) is 30.3 Å². The molecule has 0 N–H and O–H groups in total. The Morgan fingerprint density at radius 1 is 1.05 bits per heavy atom. The Bertz CT molecular complexity index is 480. The molecule has 1 atom stereocenters. The lowest BCUT2D eigenvalue weighted by atomic mass is 10.2. The van der Waals surface area contributed by atoms with Gasteiger partial charge in [0.05, 0.1) is 26.4 Å². The number of carbonyl (C=O) groups is 1. The molecule has 0 amide bonds. The number of carbonyl (C=O) groups excluding carboxylic acids is 1. The Kier molecular flexibility index (Phi) is 8.35. The number of ether oxygens (including phenoxy) is 2. The maximum Gasteiger partial charge on any atom is 0.370 e. The molecule has 7 heteroatoms. The molecule has 0 heterocycles. The van der Waals surface area contributed by atoms with Crippen molar-refractivity contribution in [2.45, 2.75) is 33.2 Å². The molecular weight excluding hydrogens is 307 g/mol. The van der Waals surface area contributed by atoms with E-state index in [4.69, 9.17) is 18.5 Å². The Morgan fingerprint density at radius 2 is 1.64 bits per heavy atom. The minimum atomic E-state index is -3.75. The first-order valence-corrected chi connectivity index (χ1v) is 8.89. The molecule has 1 aromatic carbocycles. The lowest BCUT2D eigenvalue weighted by molar-refractivity contribution is -0.153. The molecule has 1 unspecified atom stereocenters. The minimum absolute atomic E-state index is 0.106. The van der Waals surface area contributed by atoms with E-state index in [-0.39, 0.29) is 26.4 Å². The van der Waals surface area contributed by atoms with Crippen LogP contribution in [0.3, 0.4) is 0 Å². The van der Waals surface area contributed by atoms with Crippen molar-refractivity contribution in [2.24, 2.45) is 0 Å². The van der Waals surface area contributed by atoms with Crippen LogP contribution >= 0.6 is 7.60 Å². The first-order chi connectivity index (χ1) is 10.6. The van der Waals surface area contributed by atoms with Gasteiger partial charge in [0.2, 0.25) is 0 Å². The molecule has 0 aliphatic carbocycles. The number of hydrogen-bond acceptors (Lipinski definition) is 6. The number of benzene rings is 1. The van der Waals surface area contributed by atoms with Crippen molar-refractivity contribution < 1.29 is 27.9 Å². The maximum absolute atomic E-state index is 12.8. The van der Waals surface area contributed by atoms with E-state index in [2.05, 4.69) is 0 Å². The zero-order valence-electron chi connectivity index (χ0n) is 13.2. The molecule has 124 valence electrons. The zero-order valence-corrected chi connectivity index (χ0v) is 14.1. The van der Waals surface area contributed by atoms with E-state index in [1.165, 1.54) is 0 Å². The van der Waals surface area contributed by atoms with Gasteiger partial charge in [0.15, 0.2) is 0 Å². The van der Waals surface area contributed by atoms with Crippen LogP contribution in [0.1, 0.15) is 26.3 Å². The summed E-state index contributed by atoms with van der Waals surface area (Å²) < 4.78 is 33.6. The Labute approximate surface area is 131 Å². The van der Waals surface area contributed by atoms with E-state index < -0.39 is 19.4 Å². The van der Waals surface area contributed by atoms with Gasteiger partial charge in [-0.3, -0.25) is 4.57 Å². The van der Waals surface area contributed by atoms with Gasteiger partial charge in [0.25, 0.3) is 5.85 Å². The summed E-state index contributed by atoms with van der Waals surface area (Å²) in [5, 5.41) is 0. The zero-order chi connectivity index (χ0) is 16.4. The molecule has 0 fully saturated rings. The van der Waals surface area contributed by atoms with Crippen LogP contribution in [-0.2, 0) is 34.5 Å². The monoisotopic (exact) mass is 330 g/mol. The third-order valence-electron chi connectivity index (χ3n) is 2.64. The second-order valence-corrected chi connectivity index (χ2v) is 6.34. The lowest BCUT2D eigenvalue weighted by Gasteiger charge is -2.24. The van der Waals surface area contributed by atoms with Gasteiger partial charge >= 0.3 is 13.6 Å². The van der Waals surface area contributed by atoms with Crippen LogP contribution in [0, 0.1) is 0 Å². The predicted octanol–water partition coefficient (Wildman–Crippen LogP) is 3.36. The third kappa shape index (κ3) is 5.54. The number of hydrogen-bond donors (Lipinski definition) is 0. The van der Waals surface area contributed by atoms with E-state index in [0.29, 0.717) is 0 Å². The maximum atomic E-state index is 12.8. The molecule has 1 aromatic rings. The van der Waals surface area contributed by atoms with E-state index in [1.54, 1.807) is 20.8 Å². The van der Waals surface area contributed by atoms with Crippen LogP contribution in [0.4, 0.5) is 0 Å². The van der Waals surface area contributed by atoms with Crippen LogP contribution in [0.15, 0.2) is 30.3 Å². The second kappa shape index (κ2) is 9.74. The van der Waals surface area contributed by atoms with Gasteiger partial charge in [0, 0.05) is 0 Å². The van der Waals surface area contributed by atoms with Crippen molar-refractivity contribution in [3.63, 3.8) is 0 Å². The average molecular weight is 330 g/mol.